The normalized spacial score (nSPS) is 16.1. The van der Waals surface area contributed by atoms with Crippen LogP contribution in [0.3, 0.4) is 0 Å². The first-order chi connectivity index (χ1) is 5.36. The molecular formula is C8H10N2O. The molecule has 0 aliphatic heterocycles. The van der Waals surface area contributed by atoms with Gasteiger partial charge in [-0.25, -0.2) is 0 Å². The maximum absolute atomic E-state index is 8.45. The molecule has 0 N–H and O–H groups in total. The van der Waals surface area contributed by atoms with Crippen LogP contribution in [0, 0.1) is 0 Å². The molecule has 0 heterocycles. The lowest BCUT2D eigenvalue weighted by atomic mass is 10.1. The Morgan fingerprint density at radius 3 is 3.18 bits per heavy atom. The maximum Gasteiger partial charge on any atom is 0.296 e. The van der Waals surface area contributed by atoms with Crippen LogP contribution >= 0.6 is 0 Å². The summed E-state index contributed by atoms with van der Waals surface area (Å²) >= 11 is 0. The maximum atomic E-state index is 8.45. The SMILES string of the molecule is COCC1=CC(=[N+]=[N-])CC=C1. The minimum atomic E-state index is 0.565. The zero-order chi connectivity index (χ0) is 8.10. The molecule has 0 bridgehead atoms. The summed E-state index contributed by atoms with van der Waals surface area (Å²) in [5.41, 5.74) is 10.2. The molecule has 0 aromatic rings. The summed E-state index contributed by atoms with van der Waals surface area (Å²) in [6.07, 6.45) is 6.44. The van der Waals surface area contributed by atoms with Crippen LogP contribution in [0.15, 0.2) is 23.8 Å². The zero-order valence-electron chi connectivity index (χ0n) is 6.45. The number of nitrogens with zero attached hydrogens (tertiary/aromatic N) is 2. The van der Waals surface area contributed by atoms with Crippen molar-refractivity contribution in [3.05, 3.63) is 29.3 Å². The average molecular weight is 150 g/mol. The molecule has 0 radical (unpaired) electrons. The van der Waals surface area contributed by atoms with E-state index in [0.29, 0.717) is 18.7 Å². The number of hydrogen-bond donors (Lipinski definition) is 0. The van der Waals surface area contributed by atoms with Crippen LogP contribution in [0.25, 0.3) is 5.53 Å². The summed E-state index contributed by atoms with van der Waals surface area (Å²) in [5, 5.41) is 0. The molecule has 0 amide bonds. The van der Waals surface area contributed by atoms with Gasteiger partial charge in [0.25, 0.3) is 5.71 Å². The second-order valence-electron chi connectivity index (χ2n) is 2.35. The monoisotopic (exact) mass is 150 g/mol. The van der Waals surface area contributed by atoms with Crippen molar-refractivity contribution in [2.45, 2.75) is 6.42 Å². The summed E-state index contributed by atoms with van der Waals surface area (Å²) in [7, 11) is 1.64. The molecule has 0 saturated heterocycles. The lowest BCUT2D eigenvalue weighted by Crippen LogP contribution is -2.02. The van der Waals surface area contributed by atoms with E-state index in [1.165, 1.54) is 0 Å². The molecule has 1 aliphatic carbocycles. The van der Waals surface area contributed by atoms with Gasteiger partial charge in [-0.2, -0.15) is 4.79 Å². The van der Waals surface area contributed by atoms with Gasteiger partial charge in [-0.05, 0) is 5.57 Å². The van der Waals surface area contributed by atoms with Crippen LogP contribution < -0.4 is 0 Å². The van der Waals surface area contributed by atoms with Crippen LogP contribution in [0.5, 0.6) is 0 Å². The Kier molecular flexibility index (Phi) is 2.78. The minimum Gasteiger partial charge on any atom is -0.380 e. The zero-order valence-corrected chi connectivity index (χ0v) is 6.45. The second-order valence-corrected chi connectivity index (χ2v) is 2.35. The van der Waals surface area contributed by atoms with Gasteiger partial charge in [-0.1, -0.05) is 12.2 Å². The van der Waals surface area contributed by atoms with Crippen LogP contribution in [0.1, 0.15) is 6.42 Å². The molecule has 0 aromatic carbocycles. The molecular weight excluding hydrogens is 140 g/mol. The van der Waals surface area contributed by atoms with Crippen molar-refractivity contribution in [2.75, 3.05) is 13.7 Å². The Balaban J connectivity index is 2.72. The molecule has 0 unspecified atom stereocenters. The molecule has 0 saturated carbocycles. The van der Waals surface area contributed by atoms with Crippen LogP contribution in [0.4, 0.5) is 0 Å². The third kappa shape index (κ3) is 2.15. The molecule has 0 fully saturated rings. The largest absolute Gasteiger partial charge is 0.380 e. The number of ether oxygens (including phenoxy) is 1. The van der Waals surface area contributed by atoms with Crippen molar-refractivity contribution in [1.29, 1.82) is 0 Å². The third-order valence-electron chi connectivity index (χ3n) is 1.45. The first kappa shape index (κ1) is 7.92. The van der Waals surface area contributed by atoms with Crippen molar-refractivity contribution >= 4 is 5.71 Å². The fourth-order valence-electron chi connectivity index (χ4n) is 0.978. The Morgan fingerprint density at radius 1 is 1.73 bits per heavy atom. The van der Waals surface area contributed by atoms with E-state index in [-0.39, 0.29) is 0 Å². The fourth-order valence-corrected chi connectivity index (χ4v) is 0.978. The van der Waals surface area contributed by atoms with Crippen molar-refractivity contribution in [3.63, 3.8) is 0 Å². The van der Waals surface area contributed by atoms with Crippen LogP contribution in [-0.4, -0.2) is 24.2 Å². The van der Waals surface area contributed by atoms with Crippen molar-refractivity contribution in [2.24, 2.45) is 0 Å². The molecule has 11 heavy (non-hydrogen) atoms. The predicted octanol–water partition coefficient (Wildman–Crippen LogP) is 1.19. The number of hydrogen-bond acceptors (Lipinski definition) is 1. The summed E-state index contributed by atoms with van der Waals surface area (Å²) in [6.45, 7) is 0.565. The average Bonchev–Trinajstić information content (AvgIpc) is 2.06. The molecule has 1 rings (SSSR count). The van der Waals surface area contributed by atoms with E-state index in [0.717, 1.165) is 5.57 Å². The second kappa shape index (κ2) is 3.86. The highest BCUT2D eigenvalue weighted by atomic mass is 16.5. The smallest absolute Gasteiger partial charge is 0.296 e. The van der Waals surface area contributed by atoms with E-state index in [4.69, 9.17) is 10.3 Å². The Morgan fingerprint density at radius 2 is 2.55 bits per heavy atom. The summed E-state index contributed by atoms with van der Waals surface area (Å²) in [4.78, 5) is 3.11. The first-order valence-corrected chi connectivity index (χ1v) is 3.44. The van der Waals surface area contributed by atoms with Gasteiger partial charge in [0, 0.05) is 13.2 Å². The Bertz CT molecular complexity index is 247. The highest BCUT2D eigenvalue weighted by molar-refractivity contribution is 5.93. The van der Waals surface area contributed by atoms with Gasteiger partial charge in [0.15, 0.2) is 0 Å². The highest BCUT2D eigenvalue weighted by Crippen LogP contribution is 2.06. The minimum absolute atomic E-state index is 0.565. The number of rotatable bonds is 2. The van der Waals surface area contributed by atoms with Gasteiger partial charge in [0.2, 0.25) is 0 Å². The molecule has 0 atom stereocenters. The van der Waals surface area contributed by atoms with Gasteiger partial charge in [0.05, 0.1) is 13.0 Å². The van der Waals surface area contributed by atoms with Gasteiger partial charge in [0.1, 0.15) is 0 Å². The fraction of sp³-hybridized carbons (Fsp3) is 0.375. The Hall–Kier alpha value is -1.18. The topological polar surface area (TPSA) is 45.6 Å². The van der Waals surface area contributed by atoms with Gasteiger partial charge in [-0.15, -0.1) is 0 Å². The number of allylic oxidation sites excluding steroid dienone is 2. The number of methoxy groups -OCH3 is 1. The summed E-state index contributed by atoms with van der Waals surface area (Å²) < 4.78 is 4.92. The van der Waals surface area contributed by atoms with Gasteiger partial charge >= 0.3 is 0 Å². The van der Waals surface area contributed by atoms with Crippen molar-refractivity contribution < 1.29 is 9.53 Å². The first-order valence-electron chi connectivity index (χ1n) is 3.44. The third-order valence-corrected chi connectivity index (χ3v) is 1.45. The standard InChI is InChI=1S/C8H10N2O/c1-11-6-7-3-2-4-8(5-7)10-9/h2-3,5H,4,6H2,1H3. The molecule has 58 valence electrons. The lowest BCUT2D eigenvalue weighted by Gasteiger charge is -2.01. The van der Waals surface area contributed by atoms with E-state index in [1.54, 1.807) is 7.11 Å². The van der Waals surface area contributed by atoms with Crippen LogP contribution in [-0.2, 0) is 4.74 Å². The molecule has 0 spiro atoms. The molecule has 3 nitrogen and oxygen atoms in total. The van der Waals surface area contributed by atoms with Gasteiger partial charge in [-0.3, -0.25) is 0 Å². The van der Waals surface area contributed by atoms with Crippen molar-refractivity contribution in [3.8, 4) is 0 Å². The van der Waals surface area contributed by atoms with E-state index in [1.807, 2.05) is 18.2 Å². The molecule has 3 heteroatoms. The van der Waals surface area contributed by atoms with E-state index < -0.39 is 0 Å². The predicted molar refractivity (Wildman–Crippen MR) is 42.3 cm³/mol. The van der Waals surface area contributed by atoms with E-state index in [9.17, 15) is 0 Å². The Labute approximate surface area is 65.6 Å². The van der Waals surface area contributed by atoms with Crippen LogP contribution in [0.2, 0.25) is 0 Å². The quantitative estimate of drug-likeness (QED) is 0.430. The summed E-state index contributed by atoms with van der Waals surface area (Å²) in [5.74, 6) is 0. The molecule has 1 aliphatic rings. The lowest BCUT2D eigenvalue weighted by molar-refractivity contribution is -0.00550. The summed E-state index contributed by atoms with van der Waals surface area (Å²) in [6, 6.07) is 0. The van der Waals surface area contributed by atoms with Gasteiger partial charge < -0.3 is 10.3 Å². The molecule has 0 aromatic heterocycles. The highest BCUT2D eigenvalue weighted by Gasteiger charge is 2.07. The van der Waals surface area contributed by atoms with Crippen molar-refractivity contribution in [1.82, 2.24) is 0 Å². The van der Waals surface area contributed by atoms with E-state index in [2.05, 4.69) is 4.79 Å². The van der Waals surface area contributed by atoms with E-state index >= 15 is 0 Å².